The molecule has 0 aliphatic carbocycles. The maximum absolute atomic E-state index is 12.6. The van der Waals surface area contributed by atoms with Crippen LogP contribution in [0, 0.1) is 11.3 Å². The third kappa shape index (κ3) is 4.27. The third-order valence-electron chi connectivity index (χ3n) is 5.03. The fraction of sp³-hybridized carbons (Fsp3) is 0.381. The summed E-state index contributed by atoms with van der Waals surface area (Å²) in [5.41, 5.74) is 2.15. The van der Waals surface area contributed by atoms with E-state index in [-0.39, 0.29) is 17.9 Å². The summed E-state index contributed by atoms with van der Waals surface area (Å²) in [6.07, 6.45) is 4.03. The summed E-state index contributed by atoms with van der Waals surface area (Å²) < 4.78 is 0. The maximum Gasteiger partial charge on any atom is 0.223 e. The minimum Gasteiger partial charge on any atom is -0.340 e. The van der Waals surface area contributed by atoms with E-state index < -0.39 is 0 Å². The second kappa shape index (κ2) is 8.59. The number of nitrogens with zero attached hydrogens (tertiary/aromatic N) is 4. The number of aromatic nitrogens is 1. The average molecular weight is 348 g/mol. The number of carbonyl (C=O) groups is 1. The summed E-state index contributed by atoms with van der Waals surface area (Å²) in [7, 11) is 0. The summed E-state index contributed by atoms with van der Waals surface area (Å²) in [4.78, 5) is 20.7. The monoisotopic (exact) mass is 348 g/mol. The molecule has 0 N–H and O–H groups in total. The summed E-state index contributed by atoms with van der Waals surface area (Å²) in [5.74, 6) is 0.363. The molecule has 5 heteroatoms. The molecule has 5 nitrogen and oxygen atoms in total. The van der Waals surface area contributed by atoms with Gasteiger partial charge >= 0.3 is 0 Å². The number of hydrogen-bond acceptors (Lipinski definition) is 4. The van der Waals surface area contributed by atoms with Crippen molar-refractivity contribution >= 4 is 5.91 Å². The van der Waals surface area contributed by atoms with Crippen LogP contribution in [0.1, 0.15) is 36.4 Å². The Bertz CT molecular complexity index is 749. The standard InChI is InChI=1S/C21H24N4O/c1-17(18-7-9-23-10-8-18)15-21(26)25-13-11-24(12-14-25)20(16-22)19-5-3-2-4-6-19/h2-10,17,20H,11-15H2,1H3/t17-,20+/m0/s1. The molecule has 1 aromatic carbocycles. The molecule has 1 aromatic heterocycles. The average Bonchev–Trinajstić information content (AvgIpc) is 2.70. The predicted octanol–water partition coefficient (Wildman–Crippen LogP) is 2.98. The number of hydrogen-bond donors (Lipinski definition) is 0. The van der Waals surface area contributed by atoms with E-state index in [0.717, 1.165) is 24.2 Å². The van der Waals surface area contributed by atoms with Crippen molar-refractivity contribution < 1.29 is 4.79 Å². The first-order chi connectivity index (χ1) is 12.7. The van der Waals surface area contributed by atoms with Crippen LogP contribution in [0.3, 0.4) is 0 Å². The number of nitriles is 1. The maximum atomic E-state index is 12.6. The molecule has 2 atom stereocenters. The van der Waals surface area contributed by atoms with Gasteiger partial charge in [0.25, 0.3) is 0 Å². The third-order valence-corrected chi connectivity index (χ3v) is 5.03. The van der Waals surface area contributed by atoms with Crippen molar-refractivity contribution in [2.75, 3.05) is 26.2 Å². The highest BCUT2D eigenvalue weighted by Crippen LogP contribution is 2.23. The number of amides is 1. The van der Waals surface area contributed by atoms with Gasteiger partial charge < -0.3 is 4.90 Å². The molecule has 2 aromatic rings. The molecule has 1 aliphatic heterocycles. The fourth-order valence-electron chi connectivity index (χ4n) is 3.43. The molecule has 134 valence electrons. The molecule has 1 aliphatic rings. The van der Waals surface area contributed by atoms with Crippen LogP contribution in [0.25, 0.3) is 0 Å². The van der Waals surface area contributed by atoms with Crippen LogP contribution < -0.4 is 0 Å². The zero-order valence-corrected chi connectivity index (χ0v) is 15.1. The first-order valence-electron chi connectivity index (χ1n) is 9.05. The number of rotatable bonds is 5. The summed E-state index contributed by atoms with van der Waals surface area (Å²) >= 11 is 0. The van der Waals surface area contributed by atoms with E-state index in [2.05, 4.69) is 22.9 Å². The number of piperazine rings is 1. The van der Waals surface area contributed by atoms with Gasteiger partial charge in [-0.3, -0.25) is 14.7 Å². The molecule has 0 radical (unpaired) electrons. The number of benzene rings is 1. The molecule has 0 unspecified atom stereocenters. The lowest BCUT2D eigenvalue weighted by Gasteiger charge is -2.37. The van der Waals surface area contributed by atoms with Crippen molar-refractivity contribution in [3.63, 3.8) is 0 Å². The Labute approximate surface area is 154 Å². The molecule has 2 heterocycles. The van der Waals surface area contributed by atoms with E-state index in [0.29, 0.717) is 19.5 Å². The fourth-order valence-corrected chi connectivity index (χ4v) is 3.43. The van der Waals surface area contributed by atoms with Crippen LogP contribution in [-0.4, -0.2) is 46.9 Å². The van der Waals surface area contributed by atoms with Gasteiger partial charge in [-0.15, -0.1) is 0 Å². The van der Waals surface area contributed by atoms with Crippen LogP contribution in [0.2, 0.25) is 0 Å². The van der Waals surface area contributed by atoms with Crippen LogP contribution in [0.15, 0.2) is 54.9 Å². The second-order valence-electron chi connectivity index (χ2n) is 6.74. The molecule has 3 rings (SSSR count). The van der Waals surface area contributed by atoms with Crippen molar-refractivity contribution in [3.8, 4) is 6.07 Å². The van der Waals surface area contributed by atoms with Crippen LogP contribution in [0.4, 0.5) is 0 Å². The van der Waals surface area contributed by atoms with E-state index in [1.807, 2.05) is 47.4 Å². The summed E-state index contributed by atoms with van der Waals surface area (Å²) in [6.45, 7) is 4.87. The van der Waals surface area contributed by atoms with E-state index >= 15 is 0 Å². The Morgan fingerprint density at radius 2 is 1.73 bits per heavy atom. The quantitative estimate of drug-likeness (QED) is 0.833. The van der Waals surface area contributed by atoms with Crippen molar-refractivity contribution in [2.45, 2.75) is 25.3 Å². The van der Waals surface area contributed by atoms with Crippen molar-refractivity contribution in [1.29, 1.82) is 5.26 Å². The molecule has 1 saturated heterocycles. The van der Waals surface area contributed by atoms with Gasteiger partial charge in [0.15, 0.2) is 0 Å². The largest absolute Gasteiger partial charge is 0.340 e. The zero-order valence-electron chi connectivity index (χ0n) is 15.1. The van der Waals surface area contributed by atoms with E-state index in [1.165, 1.54) is 0 Å². The van der Waals surface area contributed by atoms with E-state index in [4.69, 9.17) is 0 Å². The van der Waals surface area contributed by atoms with Crippen LogP contribution in [0.5, 0.6) is 0 Å². The highest BCUT2D eigenvalue weighted by molar-refractivity contribution is 5.77. The highest BCUT2D eigenvalue weighted by Gasteiger charge is 2.27. The normalized spacial score (nSPS) is 17.3. The predicted molar refractivity (Wildman–Crippen MR) is 100 cm³/mol. The van der Waals surface area contributed by atoms with Crippen molar-refractivity contribution in [1.82, 2.24) is 14.8 Å². The zero-order chi connectivity index (χ0) is 18.4. The van der Waals surface area contributed by atoms with Gasteiger partial charge in [-0.1, -0.05) is 37.3 Å². The lowest BCUT2D eigenvalue weighted by molar-refractivity contribution is -0.133. The minimum atomic E-state index is -0.246. The van der Waals surface area contributed by atoms with Gasteiger partial charge in [0.05, 0.1) is 6.07 Å². The smallest absolute Gasteiger partial charge is 0.223 e. The molecule has 1 amide bonds. The topological polar surface area (TPSA) is 60.2 Å². The van der Waals surface area contributed by atoms with Gasteiger partial charge in [0.2, 0.25) is 5.91 Å². The van der Waals surface area contributed by atoms with Crippen molar-refractivity contribution in [3.05, 3.63) is 66.0 Å². The Morgan fingerprint density at radius 1 is 1.08 bits per heavy atom. The van der Waals surface area contributed by atoms with Gasteiger partial charge in [-0.25, -0.2) is 0 Å². The first kappa shape index (κ1) is 18.1. The summed E-state index contributed by atoms with van der Waals surface area (Å²) in [6, 6.07) is 15.9. The molecule has 0 bridgehead atoms. The van der Waals surface area contributed by atoms with E-state index in [9.17, 15) is 10.1 Å². The summed E-state index contributed by atoms with van der Waals surface area (Å²) in [5, 5.41) is 9.57. The van der Waals surface area contributed by atoms with Crippen molar-refractivity contribution in [2.24, 2.45) is 0 Å². The van der Waals surface area contributed by atoms with Gasteiger partial charge in [-0.2, -0.15) is 5.26 Å². The van der Waals surface area contributed by atoms with Crippen LogP contribution in [-0.2, 0) is 4.79 Å². The molecular weight excluding hydrogens is 324 g/mol. The molecular formula is C21H24N4O. The molecule has 0 spiro atoms. The lowest BCUT2D eigenvalue weighted by Crippen LogP contribution is -2.49. The SMILES string of the molecule is C[C@@H](CC(=O)N1CCN([C@H](C#N)c2ccccc2)CC1)c1ccncc1. The lowest BCUT2D eigenvalue weighted by atomic mass is 9.98. The molecule has 0 saturated carbocycles. The van der Waals surface area contributed by atoms with Crippen LogP contribution >= 0.6 is 0 Å². The Morgan fingerprint density at radius 3 is 2.35 bits per heavy atom. The number of pyridine rings is 1. The Balaban J connectivity index is 1.55. The highest BCUT2D eigenvalue weighted by atomic mass is 16.2. The number of carbonyl (C=O) groups excluding carboxylic acids is 1. The van der Waals surface area contributed by atoms with Gasteiger partial charge in [0, 0.05) is 45.0 Å². The minimum absolute atomic E-state index is 0.180. The Kier molecular flexibility index (Phi) is 5.98. The Hall–Kier alpha value is -2.71. The van der Waals surface area contributed by atoms with Gasteiger partial charge in [0.1, 0.15) is 6.04 Å². The van der Waals surface area contributed by atoms with Gasteiger partial charge in [-0.05, 0) is 29.2 Å². The molecule has 26 heavy (non-hydrogen) atoms. The van der Waals surface area contributed by atoms with E-state index in [1.54, 1.807) is 12.4 Å². The second-order valence-corrected chi connectivity index (χ2v) is 6.74. The molecule has 1 fully saturated rings. The first-order valence-corrected chi connectivity index (χ1v) is 9.05.